The summed E-state index contributed by atoms with van der Waals surface area (Å²) in [6, 6.07) is 10.7. The highest BCUT2D eigenvalue weighted by Crippen LogP contribution is 2.24. The number of hydrogen-bond donors (Lipinski definition) is 0. The molecule has 0 N–H and O–H groups in total. The third kappa shape index (κ3) is 2.64. The van der Waals surface area contributed by atoms with E-state index in [-0.39, 0.29) is 0 Å². The van der Waals surface area contributed by atoms with Crippen LogP contribution in [0.1, 0.15) is 0 Å². The molecule has 0 aliphatic heterocycles. The minimum Gasteiger partial charge on any atom is -0.497 e. The fourth-order valence-corrected chi connectivity index (χ4v) is 1.39. The number of hydrogen-bond acceptors (Lipinski definition) is 3. The third-order valence-electron chi connectivity index (χ3n) is 1.99. The van der Waals surface area contributed by atoms with Gasteiger partial charge in [-0.1, -0.05) is 11.6 Å². The Morgan fingerprint density at radius 1 is 1.00 bits per heavy atom. The molecular weight excluding hydrogens is 226 g/mol. The van der Waals surface area contributed by atoms with Gasteiger partial charge >= 0.3 is 0 Å². The summed E-state index contributed by atoms with van der Waals surface area (Å²) in [5.41, 5.74) is 0. The molecule has 4 heteroatoms. The summed E-state index contributed by atoms with van der Waals surface area (Å²) < 4.78 is 10.6. The number of benzene rings is 1. The number of aromatic nitrogens is 1. The summed E-state index contributed by atoms with van der Waals surface area (Å²) in [4.78, 5) is 3.87. The van der Waals surface area contributed by atoms with Crippen molar-refractivity contribution in [2.75, 3.05) is 7.11 Å². The average Bonchev–Trinajstić information content (AvgIpc) is 2.30. The van der Waals surface area contributed by atoms with Gasteiger partial charge in [-0.05, 0) is 30.3 Å². The summed E-state index contributed by atoms with van der Waals surface area (Å²) >= 11 is 5.75. The van der Waals surface area contributed by atoms with Crippen LogP contribution in [0.4, 0.5) is 0 Å². The van der Waals surface area contributed by atoms with E-state index in [0.717, 1.165) is 11.5 Å². The Kier molecular flexibility index (Phi) is 3.27. The molecule has 0 atom stereocenters. The predicted molar refractivity (Wildman–Crippen MR) is 62.3 cm³/mol. The highest BCUT2D eigenvalue weighted by atomic mass is 35.5. The van der Waals surface area contributed by atoms with Crippen LogP contribution in [0.3, 0.4) is 0 Å². The minimum absolute atomic E-state index is 0.408. The maximum atomic E-state index is 5.75. The van der Waals surface area contributed by atoms with Gasteiger partial charge in [0.1, 0.15) is 22.4 Å². The molecule has 16 heavy (non-hydrogen) atoms. The van der Waals surface area contributed by atoms with Gasteiger partial charge in [-0.25, -0.2) is 4.98 Å². The molecule has 0 saturated carbocycles. The minimum atomic E-state index is 0.408. The first kappa shape index (κ1) is 10.8. The van der Waals surface area contributed by atoms with Crippen molar-refractivity contribution in [3.63, 3.8) is 0 Å². The zero-order chi connectivity index (χ0) is 11.4. The van der Waals surface area contributed by atoms with Gasteiger partial charge in [-0.15, -0.1) is 0 Å². The molecule has 1 heterocycles. The van der Waals surface area contributed by atoms with Crippen molar-refractivity contribution in [3.05, 3.63) is 47.7 Å². The van der Waals surface area contributed by atoms with Crippen LogP contribution in [0.2, 0.25) is 5.15 Å². The van der Waals surface area contributed by atoms with Crippen molar-refractivity contribution in [2.24, 2.45) is 0 Å². The molecule has 0 fully saturated rings. The first-order chi connectivity index (χ1) is 7.78. The summed E-state index contributed by atoms with van der Waals surface area (Å²) in [6.45, 7) is 0. The maximum absolute atomic E-state index is 5.75. The molecular formula is C12H10ClNO2. The number of methoxy groups -OCH3 is 1. The van der Waals surface area contributed by atoms with E-state index >= 15 is 0 Å². The molecule has 1 aromatic carbocycles. The number of rotatable bonds is 3. The Labute approximate surface area is 98.6 Å². The molecule has 2 rings (SSSR count). The number of pyridine rings is 1. The SMILES string of the molecule is COc1ccc(Oc2ccnc(Cl)c2)cc1. The van der Waals surface area contributed by atoms with Gasteiger partial charge in [0.05, 0.1) is 7.11 Å². The molecule has 0 radical (unpaired) electrons. The molecule has 3 nitrogen and oxygen atoms in total. The van der Waals surface area contributed by atoms with Gasteiger partial charge in [-0.2, -0.15) is 0 Å². The Bertz CT molecular complexity index is 471. The van der Waals surface area contributed by atoms with E-state index in [2.05, 4.69) is 4.98 Å². The first-order valence-corrected chi connectivity index (χ1v) is 5.09. The molecule has 0 aliphatic carbocycles. The van der Waals surface area contributed by atoms with Crippen molar-refractivity contribution >= 4 is 11.6 Å². The lowest BCUT2D eigenvalue weighted by Crippen LogP contribution is -1.86. The van der Waals surface area contributed by atoms with E-state index in [1.54, 1.807) is 25.4 Å². The van der Waals surface area contributed by atoms with Crippen LogP contribution in [-0.2, 0) is 0 Å². The maximum Gasteiger partial charge on any atom is 0.132 e. The largest absolute Gasteiger partial charge is 0.497 e. The van der Waals surface area contributed by atoms with E-state index in [4.69, 9.17) is 21.1 Å². The zero-order valence-corrected chi connectivity index (χ0v) is 9.44. The zero-order valence-electron chi connectivity index (χ0n) is 8.68. The van der Waals surface area contributed by atoms with Gasteiger partial charge in [0.15, 0.2) is 0 Å². The van der Waals surface area contributed by atoms with Crippen molar-refractivity contribution in [1.29, 1.82) is 0 Å². The second kappa shape index (κ2) is 4.86. The van der Waals surface area contributed by atoms with Gasteiger partial charge in [0.2, 0.25) is 0 Å². The van der Waals surface area contributed by atoms with Crippen molar-refractivity contribution in [1.82, 2.24) is 4.98 Å². The van der Waals surface area contributed by atoms with E-state index in [1.165, 1.54) is 0 Å². The highest BCUT2D eigenvalue weighted by molar-refractivity contribution is 6.29. The lowest BCUT2D eigenvalue weighted by atomic mass is 10.3. The van der Waals surface area contributed by atoms with Crippen LogP contribution in [0.15, 0.2) is 42.6 Å². The standard InChI is InChI=1S/C12H10ClNO2/c1-15-9-2-4-10(5-3-9)16-11-6-7-14-12(13)8-11/h2-8H,1H3. The summed E-state index contributed by atoms with van der Waals surface area (Å²) in [5.74, 6) is 2.17. The van der Waals surface area contributed by atoms with Crippen LogP contribution in [0.25, 0.3) is 0 Å². The summed E-state index contributed by atoms with van der Waals surface area (Å²) in [6.07, 6.45) is 1.60. The molecule has 0 bridgehead atoms. The highest BCUT2D eigenvalue weighted by Gasteiger charge is 1.99. The molecule has 0 unspecified atom stereocenters. The summed E-state index contributed by atoms with van der Waals surface area (Å²) in [5, 5.41) is 0.408. The number of ether oxygens (including phenoxy) is 2. The predicted octanol–water partition coefficient (Wildman–Crippen LogP) is 3.54. The normalized spacial score (nSPS) is 9.88. The van der Waals surface area contributed by atoms with Gasteiger partial charge in [-0.3, -0.25) is 0 Å². The Morgan fingerprint density at radius 3 is 2.31 bits per heavy atom. The van der Waals surface area contributed by atoms with Crippen LogP contribution < -0.4 is 9.47 Å². The quantitative estimate of drug-likeness (QED) is 0.763. The number of halogens is 1. The van der Waals surface area contributed by atoms with Gasteiger partial charge < -0.3 is 9.47 Å². The van der Waals surface area contributed by atoms with Crippen molar-refractivity contribution < 1.29 is 9.47 Å². The molecule has 1 aromatic heterocycles. The first-order valence-electron chi connectivity index (χ1n) is 4.71. The lowest BCUT2D eigenvalue weighted by molar-refractivity contribution is 0.413. The third-order valence-corrected chi connectivity index (χ3v) is 2.20. The topological polar surface area (TPSA) is 31.4 Å². The lowest BCUT2D eigenvalue weighted by Gasteiger charge is -2.06. The second-order valence-electron chi connectivity index (χ2n) is 3.09. The van der Waals surface area contributed by atoms with E-state index in [9.17, 15) is 0 Å². The van der Waals surface area contributed by atoms with Gasteiger partial charge in [0.25, 0.3) is 0 Å². The Balaban J connectivity index is 2.14. The Morgan fingerprint density at radius 2 is 1.69 bits per heavy atom. The van der Waals surface area contributed by atoms with Crippen LogP contribution in [-0.4, -0.2) is 12.1 Å². The molecule has 82 valence electrons. The fraction of sp³-hybridized carbons (Fsp3) is 0.0833. The van der Waals surface area contributed by atoms with E-state index < -0.39 is 0 Å². The van der Waals surface area contributed by atoms with Crippen LogP contribution in [0, 0.1) is 0 Å². The average molecular weight is 236 g/mol. The van der Waals surface area contributed by atoms with E-state index in [1.807, 2.05) is 24.3 Å². The number of nitrogens with zero attached hydrogens (tertiary/aromatic N) is 1. The van der Waals surface area contributed by atoms with Crippen LogP contribution in [0.5, 0.6) is 17.2 Å². The molecule has 0 amide bonds. The van der Waals surface area contributed by atoms with E-state index in [0.29, 0.717) is 10.9 Å². The molecule has 2 aromatic rings. The van der Waals surface area contributed by atoms with Crippen LogP contribution >= 0.6 is 11.6 Å². The van der Waals surface area contributed by atoms with Crippen molar-refractivity contribution in [3.8, 4) is 17.2 Å². The molecule has 0 aliphatic rings. The fourth-order valence-electron chi connectivity index (χ4n) is 1.23. The molecule has 0 saturated heterocycles. The molecule has 0 spiro atoms. The van der Waals surface area contributed by atoms with Gasteiger partial charge in [0, 0.05) is 12.3 Å². The smallest absolute Gasteiger partial charge is 0.132 e. The van der Waals surface area contributed by atoms with Crippen molar-refractivity contribution in [2.45, 2.75) is 0 Å². The Hall–Kier alpha value is -1.74. The monoisotopic (exact) mass is 235 g/mol. The second-order valence-corrected chi connectivity index (χ2v) is 3.48. The summed E-state index contributed by atoms with van der Waals surface area (Å²) in [7, 11) is 1.62.